The molecule has 2 N–H and O–H groups in total. The Bertz CT molecular complexity index is 575. The van der Waals surface area contributed by atoms with Gasteiger partial charge in [0.15, 0.2) is 0 Å². The number of hydrogen-bond acceptors (Lipinski definition) is 3. The van der Waals surface area contributed by atoms with Crippen molar-refractivity contribution in [1.82, 2.24) is 0 Å². The van der Waals surface area contributed by atoms with Crippen LogP contribution in [-0.4, -0.2) is 23.3 Å². The second-order valence-corrected chi connectivity index (χ2v) is 3.70. The predicted octanol–water partition coefficient (Wildman–Crippen LogP) is 2.18. The summed E-state index contributed by atoms with van der Waals surface area (Å²) in [5, 5.41) is 20.1. The Balaban J connectivity index is 2.64. The molecular weight excluding hydrogens is 220 g/mol. The minimum Gasteiger partial charge on any atom is -0.507 e. The van der Waals surface area contributed by atoms with Crippen molar-refractivity contribution in [1.29, 1.82) is 0 Å². The maximum atomic E-state index is 10.6. The lowest BCUT2D eigenvalue weighted by atomic mass is 10.0. The van der Waals surface area contributed by atoms with Gasteiger partial charge in [0.25, 0.3) is 0 Å². The first-order valence-corrected chi connectivity index (χ1v) is 5.13. The molecule has 0 aliphatic carbocycles. The lowest BCUT2D eigenvalue weighted by molar-refractivity contribution is -0.136. The van der Waals surface area contributed by atoms with Gasteiger partial charge >= 0.3 is 5.97 Å². The highest BCUT2D eigenvalue weighted by molar-refractivity contribution is 5.94. The predicted molar refractivity (Wildman–Crippen MR) is 63.5 cm³/mol. The van der Waals surface area contributed by atoms with Crippen molar-refractivity contribution in [2.75, 3.05) is 7.11 Å². The van der Waals surface area contributed by atoms with Gasteiger partial charge in [0.05, 0.1) is 13.5 Å². The fraction of sp³-hybridized carbons (Fsp3) is 0.154. The number of phenols is 1. The zero-order chi connectivity index (χ0) is 12.4. The zero-order valence-corrected chi connectivity index (χ0v) is 9.30. The van der Waals surface area contributed by atoms with Crippen LogP contribution in [0.2, 0.25) is 0 Å². The van der Waals surface area contributed by atoms with Crippen LogP contribution in [0.15, 0.2) is 30.3 Å². The number of benzene rings is 2. The van der Waals surface area contributed by atoms with Crippen molar-refractivity contribution in [3.05, 3.63) is 35.9 Å². The molecule has 2 rings (SSSR count). The first-order valence-electron chi connectivity index (χ1n) is 5.13. The lowest BCUT2D eigenvalue weighted by Gasteiger charge is -2.09. The topological polar surface area (TPSA) is 66.8 Å². The fourth-order valence-electron chi connectivity index (χ4n) is 1.84. The Labute approximate surface area is 98.1 Å². The highest BCUT2D eigenvalue weighted by Gasteiger charge is 2.11. The maximum absolute atomic E-state index is 10.6. The summed E-state index contributed by atoms with van der Waals surface area (Å²) in [5.74, 6) is -0.314. The van der Waals surface area contributed by atoms with Crippen molar-refractivity contribution >= 4 is 16.7 Å². The van der Waals surface area contributed by atoms with Crippen LogP contribution < -0.4 is 4.74 Å². The third-order valence-electron chi connectivity index (χ3n) is 2.64. The van der Waals surface area contributed by atoms with E-state index in [-0.39, 0.29) is 12.2 Å². The third-order valence-corrected chi connectivity index (χ3v) is 2.64. The van der Waals surface area contributed by atoms with Gasteiger partial charge < -0.3 is 14.9 Å². The fourth-order valence-corrected chi connectivity index (χ4v) is 1.84. The van der Waals surface area contributed by atoms with Crippen LogP contribution in [-0.2, 0) is 11.2 Å². The van der Waals surface area contributed by atoms with Crippen molar-refractivity contribution in [3.63, 3.8) is 0 Å². The number of phenolic OH excluding ortho intramolecular Hbond substituents is 1. The number of carboxylic acids is 1. The largest absolute Gasteiger partial charge is 0.507 e. The van der Waals surface area contributed by atoms with E-state index in [2.05, 4.69) is 0 Å². The molecule has 0 radical (unpaired) electrons. The standard InChI is InChI=1S/C13H12O4/c1-17-11-4-2-3-10-9(11)6-5-8(13(10)16)7-12(14)15/h2-6,16H,7H2,1H3,(H,14,15). The molecule has 17 heavy (non-hydrogen) atoms. The second-order valence-electron chi connectivity index (χ2n) is 3.70. The summed E-state index contributed by atoms with van der Waals surface area (Å²) in [6, 6.07) is 8.64. The van der Waals surface area contributed by atoms with E-state index in [4.69, 9.17) is 9.84 Å². The molecule has 0 aliphatic heterocycles. The third kappa shape index (κ3) is 2.01. The highest BCUT2D eigenvalue weighted by atomic mass is 16.5. The van der Waals surface area contributed by atoms with Gasteiger partial charge in [-0.1, -0.05) is 24.3 Å². The van der Waals surface area contributed by atoms with Gasteiger partial charge in [0.1, 0.15) is 11.5 Å². The highest BCUT2D eigenvalue weighted by Crippen LogP contribution is 2.34. The quantitative estimate of drug-likeness (QED) is 0.851. The Morgan fingerprint density at radius 2 is 2.00 bits per heavy atom. The molecule has 4 heteroatoms. The van der Waals surface area contributed by atoms with Gasteiger partial charge in [-0.3, -0.25) is 4.79 Å². The van der Waals surface area contributed by atoms with E-state index in [0.29, 0.717) is 16.7 Å². The molecule has 0 spiro atoms. The van der Waals surface area contributed by atoms with Gasteiger partial charge in [0.2, 0.25) is 0 Å². The molecular formula is C13H12O4. The summed E-state index contributed by atoms with van der Waals surface area (Å²) in [5.41, 5.74) is 0.401. The number of aromatic hydroxyl groups is 1. The van der Waals surface area contributed by atoms with Gasteiger partial charge in [-0.15, -0.1) is 0 Å². The second kappa shape index (κ2) is 4.33. The monoisotopic (exact) mass is 232 g/mol. The first-order chi connectivity index (χ1) is 8.13. The van der Waals surface area contributed by atoms with E-state index in [1.54, 1.807) is 37.4 Å². The van der Waals surface area contributed by atoms with Crippen LogP contribution in [0.3, 0.4) is 0 Å². The molecule has 4 nitrogen and oxygen atoms in total. The summed E-state index contributed by atoms with van der Waals surface area (Å²) in [6.07, 6.45) is -0.195. The number of ether oxygens (including phenoxy) is 1. The molecule has 0 saturated heterocycles. The van der Waals surface area contributed by atoms with Gasteiger partial charge in [-0.05, 0) is 6.07 Å². The number of rotatable bonds is 3. The molecule has 88 valence electrons. The van der Waals surface area contributed by atoms with Crippen LogP contribution >= 0.6 is 0 Å². The van der Waals surface area contributed by atoms with Gasteiger partial charge in [-0.25, -0.2) is 0 Å². The number of carboxylic acid groups (broad SMARTS) is 1. The molecule has 0 aliphatic rings. The molecule has 0 heterocycles. The number of methoxy groups -OCH3 is 1. The molecule has 0 unspecified atom stereocenters. The molecule has 0 amide bonds. The summed E-state index contributed by atoms with van der Waals surface area (Å²) in [6.45, 7) is 0. The average molecular weight is 232 g/mol. The van der Waals surface area contributed by atoms with Crippen LogP contribution in [0.5, 0.6) is 11.5 Å². The van der Waals surface area contributed by atoms with Crippen LogP contribution in [0.4, 0.5) is 0 Å². The minimum atomic E-state index is -0.970. The maximum Gasteiger partial charge on any atom is 0.307 e. The average Bonchev–Trinajstić information content (AvgIpc) is 2.31. The molecule has 2 aromatic carbocycles. The van der Waals surface area contributed by atoms with Crippen molar-refractivity contribution in [2.45, 2.75) is 6.42 Å². The molecule has 2 aromatic rings. The summed E-state index contributed by atoms with van der Waals surface area (Å²) in [7, 11) is 1.55. The van der Waals surface area contributed by atoms with Crippen LogP contribution in [0, 0.1) is 0 Å². The molecule has 0 atom stereocenters. The molecule has 0 aromatic heterocycles. The van der Waals surface area contributed by atoms with E-state index in [0.717, 1.165) is 5.39 Å². The van der Waals surface area contributed by atoms with E-state index >= 15 is 0 Å². The number of fused-ring (bicyclic) bond motifs is 1. The lowest BCUT2D eigenvalue weighted by Crippen LogP contribution is -2.00. The Morgan fingerprint density at radius 1 is 1.24 bits per heavy atom. The van der Waals surface area contributed by atoms with Crippen LogP contribution in [0.1, 0.15) is 5.56 Å². The van der Waals surface area contributed by atoms with E-state index < -0.39 is 5.97 Å². The SMILES string of the molecule is COc1cccc2c(O)c(CC(=O)O)ccc12. The normalized spacial score (nSPS) is 10.4. The summed E-state index contributed by atoms with van der Waals surface area (Å²) < 4.78 is 5.18. The molecule has 0 saturated carbocycles. The number of carbonyl (C=O) groups is 1. The number of aliphatic carboxylic acids is 1. The van der Waals surface area contributed by atoms with Gasteiger partial charge in [-0.2, -0.15) is 0 Å². The Hall–Kier alpha value is -2.23. The molecule has 0 bridgehead atoms. The van der Waals surface area contributed by atoms with Crippen molar-refractivity contribution in [3.8, 4) is 11.5 Å². The van der Waals surface area contributed by atoms with E-state index in [9.17, 15) is 9.90 Å². The van der Waals surface area contributed by atoms with E-state index in [1.807, 2.05) is 0 Å². The number of hydrogen-bond donors (Lipinski definition) is 2. The Morgan fingerprint density at radius 3 is 2.65 bits per heavy atom. The molecule has 0 fully saturated rings. The van der Waals surface area contributed by atoms with Crippen LogP contribution in [0.25, 0.3) is 10.8 Å². The van der Waals surface area contributed by atoms with E-state index in [1.165, 1.54) is 0 Å². The smallest absolute Gasteiger partial charge is 0.307 e. The van der Waals surface area contributed by atoms with Crippen molar-refractivity contribution < 1.29 is 19.7 Å². The minimum absolute atomic E-state index is 0.00352. The van der Waals surface area contributed by atoms with Crippen molar-refractivity contribution in [2.24, 2.45) is 0 Å². The zero-order valence-electron chi connectivity index (χ0n) is 9.30. The first kappa shape index (κ1) is 11.3. The van der Waals surface area contributed by atoms with Gasteiger partial charge in [0, 0.05) is 16.3 Å². The summed E-state index contributed by atoms with van der Waals surface area (Å²) in [4.78, 5) is 10.6. The summed E-state index contributed by atoms with van der Waals surface area (Å²) >= 11 is 0. The Kier molecular flexibility index (Phi) is 2.87.